The van der Waals surface area contributed by atoms with Crippen molar-refractivity contribution in [3.05, 3.63) is 0 Å². The Hall–Kier alpha value is -1.04. The number of ether oxygens (including phenoxy) is 1. The molecule has 2 aliphatic rings. The van der Waals surface area contributed by atoms with Gasteiger partial charge in [-0.3, -0.25) is 4.79 Å². The van der Waals surface area contributed by atoms with Gasteiger partial charge in [0.25, 0.3) is 0 Å². The predicted molar refractivity (Wildman–Crippen MR) is 50.1 cm³/mol. The molecule has 0 spiro atoms. The number of hydrogen-bond acceptors (Lipinski definition) is 3. The molecule has 0 heterocycles. The monoisotopic (exact) mass is 193 g/mol. The van der Waals surface area contributed by atoms with Gasteiger partial charge >= 0.3 is 5.97 Å². The van der Waals surface area contributed by atoms with Crippen molar-refractivity contribution >= 4 is 5.97 Å². The summed E-state index contributed by atoms with van der Waals surface area (Å²) >= 11 is 0. The van der Waals surface area contributed by atoms with Gasteiger partial charge in [0, 0.05) is 0 Å². The molecule has 0 aromatic carbocycles. The van der Waals surface area contributed by atoms with Gasteiger partial charge in [-0.25, -0.2) is 0 Å². The van der Waals surface area contributed by atoms with Crippen molar-refractivity contribution in [1.29, 1.82) is 5.26 Å². The summed E-state index contributed by atoms with van der Waals surface area (Å²) in [5.74, 6) is 0.529. The lowest BCUT2D eigenvalue weighted by molar-refractivity contribution is -0.151. The SMILES string of the molecule is CCOC(=O)C1C2CCC(C2)C1C#N. The maximum atomic E-state index is 11.6. The van der Waals surface area contributed by atoms with Gasteiger partial charge in [-0.1, -0.05) is 0 Å². The first-order valence-electron chi connectivity index (χ1n) is 5.34. The van der Waals surface area contributed by atoms with Crippen molar-refractivity contribution in [3.63, 3.8) is 0 Å². The summed E-state index contributed by atoms with van der Waals surface area (Å²) in [4.78, 5) is 11.6. The molecule has 2 fully saturated rings. The third kappa shape index (κ3) is 1.30. The molecule has 3 nitrogen and oxygen atoms in total. The largest absolute Gasteiger partial charge is 0.466 e. The zero-order chi connectivity index (χ0) is 10.1. The van der Waals surface area contributed by atoms with E-state index in [9.17, 15) is 4.79 Å². The average Bonchev–Trinajstić information content (AvgIpc) is 2.76. The maximum absolute atomic E-state index is 11.6. The molecule has 0 aliphatic heterocycles. The van der Waals surface area contributed by atoms with Crippen LogP contribution in [0, 0.1) is 35.0 Å². The van der Waals surface area contributed by atoms with Gasteiger partial charge in [0.15, 0.2) is 0 Å². The normalized spacial score (nSPS) is 39.4. The highest BCUT2D eigenvalue weighted by atomic mass is 16.5. The van der Waals surface area contributed by atoms with Gasteiger partial charge in [0.05, 0.1) is 24.5 Å². The average molecular weight is 193 g/mol. The van der Waals surface area contributed by atoms with E-state index in [0.717, 1.165) is 19.3 Å². The van der Waals surface area contributed by atoms with Crippen LogP contribution in [0.2, 0.25) is 0 Å². The molecule has 3 heteroatoms. The molecule has 0 amide bonds. The fourth-order valence-corrected chi connectivity index (χ4v) is 3.05. The lowest BCUT2D eigenvalue weighted by Gasteiger charge is -2.24. The van der Waals surface area contributed by atoms with Crippen LogP contribution in [-0.4, -0.2) is 12.6 Å². The molecule has 2 bridgehead atoms. The van der Waals surface area contributed by atoms with E-state index in [2.05, 4.69) is 6.07 Å². The second-order valence-electron chi connectivity index (χ2n) is 4.27. The summed E-state index contributed by atoms with van der Waals surface area (Å²) in [7, 11) is 0. The van der Waals surface area contributed by atoms with E-state index in [1.54, 1.807) is 0 Å². The first-order chi connectivity index (χ1) is 6.77. The molecule has 14 heavy (non-hydrogen) atoms. The lowest BCUT2D eigenvalue weighted by atomic mass is 9.80. The third-order valence-corrected chi connectivity index (χ3v) is 3.62. The molecule has 2 saturated carbocycles. The Morgan fingerprint density at radius 3 is 2.86 bits per heavy atom. The van der Waals surface area contributed by atoms with E-state index in [4.69, 9.17) is 10.00 Å². The van der Waals surface area contributed by atoms with Gasteiger partial charge < -0.3 is 4.74 Å². The van der Waals surface area contributed by atoms with Crippen LogP contribution in [0.5, 0.6) is 0 Å². The van der Waals surface area contributed by atoms with Crippen molar-refractivity contribution in [2.24, 2.45) is 23.7 Å². The van der Waals surface area contributed by atoms with Crippen molar-refractivity contribution in [1.82, 2.24) is 0 Å². The second kappa shape index (κ2) is 3.61. The molecule has 0 aromatic heterocycles. The van der Waals surface area contributed by atoms with Crippen LogP contribution in [0.4, 0.5) is 0 Å². The van der Waals surface area contributed by atoms with Crippen molar-refractivity contribution in [2.45, 2.75) is 26.2 Å². The lowest BCUT2D eigenvalue weighted by Crippen LogP contribution is -2.30. The van der Waals surface area contributed by atoms with Crippen LogP contribution in [-0.2, 0) is 9.53 Å². The molecular formula is C11H15NO2. The van der Waals surface area contributed by atoms with Crippen LogP contribution >= 0.6 is 0 Å². The van der Waals surface area contributed by atoms with Crippen LogP contribution in [0.3, 0.4) is 0 Å². The third-order valence-electron chi connectivity index (χ3n) is 3.62. The van der Waals surface area contributed by atoms with Gasteiger partial charge in [-0.15, -0.1) is 0 Å². The van der Waals surface area contributed by atoms with Gasteiger partial charge in [-0.2, -0.15) is 5.26 Å². The molecule has 4 unspecified atom stereocenters. The molecule has 2 aliphatic carbocycles. The molecule has 0 aromatic rings. The van der Waals surface area contributed by atoms with E-state index in [1.165, 1.54) is 0 Å². The molecule has 2 rings (SSSR count). The van der Waals surface area contributed by atoms with Crippen LogP contribution in [0.25, 0.3) is 0 Å². The Labute approximate surface area is 84.0 Å². The minimum atomic E-state index is -0.147. The minimum absolute atomic E-state index is 0.0761. The first-order valence-corrected chi connectivity index (χ1v) is 5.34. The molecule has 4 atom stereocenters. The molecular weight excluding hydrogens is 178 g/mol. The van der Waals surface area contributed by atoms with Crippen molar-refractivity contribution in [2.75, 3.05) is 6.61 Å². The summed E-state index contributed by atoms with van der Waals surface area (Å²) in [5, 5.41) is 9.02. The number of esters is 1. The van der Waals surface area contributed by atoms with Crippen LogP contribution < -0.4 is 0 Å². The number of carbonyl (C=O) groups is 1. The molecule has 0 N–H and O–H groups in total. The van der Waals surface area contributed by atoms with E-state index in [0.29, 0.717) is 18.4 Å². The maximum Gasteiger partial charge on any atom is 0.310 e. The number of carbonyl (C=O) groups excluding carboxylic acids is 1. The Kier molecular flexibility index (Phi) is 2.45. The van der Waals surface area contributed by atoms with E-state index in [1.807, 2.05) is 6.92 Å². The Balaban J connectivity index is 2.11. The summed E-state index contributed by atoms with van der Waals surface area (Å²) in [6.45, 7) is 2.23. The highest BCUT2D eigenvalue weighted by molar-refractivity contribution is 5.74. The van der Waals surface area contributed by atoms with Gasteiger partial charge in [-0.05, 0) is 38.0 Å². The Morgan fingerprint density at radius 1 is 1.50 bits per heavy atom. The van der Waals surface area contributed by atoms with Crippen LogP contribution in [0.15, 0.2) is 0 Å². The molecule has 76 valence electrons. The Morgan fingerprint density at radius 2 is 2.21 bits per heavy atom. The highest BCUT2D eigenvalue weighted by Gasteiger charge is 2.51. The summed E-state index contributed by atoms with van der Waals surface area (Å²) < 4.78 is 5.02. The second-order valence-corrected chi connectivity index (χ2v) is 4.27. The quantitative estimate of drug-likeness (QED) is 0.627. The number of fused-ring (bicyclic) bond motifs is 2. The number of rotatable bonds is 2. The minimum Gasteiger partial charge on any atom is -0.466 e. The topological polar surface area (TPSA) is 50.1 Å². The first kappa shape index (κ1) is 9.51. The fraction of sp³-hybridized carbons (Fsp3) is 0.818. The van der Waals surface area contributed by atoms with Gasteiger partial charge in [0.2, 0.25) is 0 Å². The van der Waals surface area contributed by atoms with E-state index in [-0.39, 0.29) is 17.8 Å². The van der Waals surface area contributed by atoms with Gasteiger partial charge in [0.1, 0.15) is 0 Å². The number of nitriles is 1. The van der Waals surface area contributed by atoms with Crippen molar-refractivity contribution in [3.8, 4) is 6.07 Å². The fourth-order valence-electron chi connectivity index (χ4n) is 3.05. The number of hydrogen-bond donors (Lipinski definition) is 0. The van der Waals surface area contributed by atoms with Crippen LogP contribution in [0.1, 0.15) is 26.2 Å². The molecule has 0 radical (unpaired) electrons. The van der Waals surface area contributed by atoms with E-state index < -0.39 is 0 Å². The standard InChI is InChI=1S/C11H15NO2/c1-2-14-11(13)10-8-4-3-7(5-8)9(10)6-12/h7-10H,2-5H2,1H3. The summed E-state index contributed by atoms with van der Waals surface area (Å²) in [6, 6.07) is 2.28. The van der Waals surface area contributed by atoms with Crippen molar-refractivity contribution < 1.29 is 9.53 Å². The predicted octanol–water partition coefficient (Wildman–Crippen LogP) is 1.74. The zero-order valence-electron chi connectivity index (χ0n) is 8.40. The Bertz CT molecular complexity index is 282. The van der Waals surface area contributed by atoms with E-state index >= 15 is 0 Å². The number of nitrogens with zero attached hydrogens (tertiary/aromatic N) is 1. The molecule has 0 saturated heterocycles. The highest BCUT2D eigenvalue weighted by Crippen LogP contribution is 2.52. The zero-order valence-corrected chi connectivity index (χ0v) is 8.40. The smallest absolute Gasteiger partial charge is 0.310 e. The summed E-state index contributed by atoms with van der Waals surface area (Å²) in [5.41, 5.74) is 0. The summed E-state index contributed by atoms with van der Waals surface area (Å²) in [6.07, 6.45) is 3.28.